The molecule has 0 bridgehead atoms. The zero-order chi connectivity index (χ0) is 14.1. The van der Waals surface area contributed by atoms with Crippen LogP contribution in [0.25, 0.3) is 0 Å². The smallest absolute Gasteiger partial charge is 0.303 e. The van der Waals surface area contributed by atoms with E-state index in [4.69, 9.17) is 9.47 Å². The zero-order valence-corrected chi connectivity index (χ0v) is 11.3. The van der Waals surface area contributed by atoms with Gasteiger partial charge in [-0.1, -0.05) is 30.3 Å². The van der Waals surface area contributed by atoms with E-state index in [1.54, 1.807) is 4.90 Å². The Hall–Kier alpha value is -1.88. The third kappa shape index (κ3) is 2.29. The van der Waals surface area contributed by atoms with Crippen molar-refractivity contribution in [2.45, 2.75) is 38.1 Å². The Bertz CT molecular complexity index is 516. The molecule has 1 aromatic rings. The Balaban J connectivity index is 1.84. The Morgan fingerprint density at radius 3 is 2.80 bits per heavy atom. The van der Waals surface area contributed by atoms with Crippen LogP contribution in [0.2, 0.25) is 0 Å². The van der Waals surface area contributed by atoms with Gasteiger partial charge >= 0.3 is 5.97 Å². The number of carbonyl (C=O) groups excluding carboxylic acids is 2. The van der Waals surface area contributed by atoms with E-state index in [1.165, 1.54) is 6.92 Å². The van der Waals surface area contributed by atoms with Crippen LogP contribution in [0.5, 0.6) is 0 Å². The molecule has 5 nitrogen and oxygen atoms in total. The fourth-order valence-electron chi connectivity index (χ4n) is 2.93. The van der Waals surface area contributed by atoms with Crippen LogP contribution in [0.3, 0.4) is 0 Å². The highest BCUT2D eigenvalue weighted by Gasteiger charge is 2.47. The minimum Gasteiger partial charge on any atom is -0.458 e. The average Bonchev–Trinajstić information content (AvgIpc) is 2.88. The molecule has 0 aromatic heterocycles. The van der Waals surface area contributed by atoms with Gasteiger partial charge in [-0.05, 0) is 12.0 Å². The number of piperidine rings is 1. The molecule has 5 heteroatoms. The molecule has 0 aliphatic carbocycles. The van der Waals surface area contributed by atoms with E-state index in [0.29, 0.717) is 19.4 Å². The summed E-state index contributed by atoms with van der Waals surface area (Å²) in [4.78, 5) is 25.1. The molecule has 0 spiro atoms. The summed E-state index contributed by atoms with van der Waals surface area (Å²) < 4.78 is 11.0. The highest BCUT2D eigenvalue weighted by molar-refractivity contribution is 5.78. The maximum atomic E-state index is 12.2. The summed E-state index contributed by atoms with van der Waals surface area (Å²) in [5, 5.41) is 0. The van der Waals surface area contributed by atoms with Crippen LogP contribution in [-0.4, -0.2) is 35.7 Å². The molecule has 0 radical (unpaired) electrons. The second kappa shape index (κ2) is 5.25. The average molecular weight is 275 g/mol. The van der Waals surface area contributed by atoms with Crippen molar-refractivity contribution in [3.05, 3.63) is 35.9 Å². The third-order valence-corrected chi connectivity index (χ3v) is 3.79. The van der Waals surface area contributed by atoms with Crippen molar-refractivity contribution in [1.29, 1.82) is 0 Å². The largest absolute Gasteiger partial charge is 0.458 e. The van der Waals surface area contributed by atoms with Gasteiger partial charge in [0, 0.05) is 13.3 Å². The van der Waals surface area contributed by atoms with E-state index in [-0.39, 0.29) is 24.0 Å². The van der Waals surface area contributed by atoms with Crippen molar-refractivity contribution >= 4 is 11.9 Å². The number of amides is 1. The van der Waals surface area contributed by atoms with Crippen LogP contribution < -0.4 is 0 Å². The summed E-state index contributed by atoms with van der Waals surface area (Å²) in [6.07, 6.45) is 0.103. The van der Waals surface area contributed by atoms with Gasteiger partial charge in [-0.3, -0.25) is 9.59 Å². The summed E-state index contributed by atoms with van der Waals surface area (Å²) in [5.74, 6) is -0.277. The molecule has 3 atom stereocenters. The van der Waals surface area contributed by atoms with Gasteiger partial charge in [-0.15, -0.1) is 0 Å². The lowest BCUT2D eigenvalue weighted by Crippen LogP contribution is -2.50. The molecule has 2 fully saturated rings. The van der Waals surface area contributed by atoms with Crippen LogP contribution in [-0.2, 0) is 19.1 Å². The lowest BCUT2D eigenvalue weighted by Gasteiger charge is -2.36. The second-order valence-electron chi connectivity index (χ2n) is 5.14. The normalized spacial score (nSPS) is 29.1. The van der Waals surface area contributed by atoms with E-state index in [2.05, 4.69) is 0 Å². The number of carbonyl (C=O) groups is 2. The SMILES string of the molecule is CC(=O)O[C@H]1CCC(=O)N2[C@@H]1OC[C@H]2c1ccccc1. The summed E-state index contributed by atoms with van der Waals surface area (Å²) in [6.45, 7) is 1.82. The van der Waals surface area contributed by atoms with Gasteiger partial charge in [0.05, 0.1) is 12.6 Å². The van der Waals surface area contributed by atoms with Crippen molar-refractivity contribution in [2.75, 3.05) is 6.61 Å². The molecular weight excluding hydrogens is 258 g/mol. The number of ether oxygens (including phenoxy) is 2. The van der Waals surface area contributed by atoms with Crippen LogP contribution in [0.15, 0.2) is 30.3 Å². The predicted molar refractivity (Wildman–Crippen MR) is 70.6 cm³/mol. The van der Waals surface area contributed by atoms with Crippen LogP contribution >= 0.6 is 0 Å². The fourth-order valence-corrected chi connectivity index (χ4v) is 2.93. The lowest BCUT2D eigenvalue weighted by molar-refractivity contribution is -0.173. The summed E-state index contributed by atoms with van der Waals surface area (Å²) >= 11 is 0. The maximum Gasteiger partial charge on any atom is 0.303 e. The number of esters is 1. The minimum absolute atomic E-state index is 0.0600. The van der Waals surface area contributed by atoms with Gasteiger partial charge < -0.3 is 14.4 Å². The zero-order valence-electron chi connectivity index (χ0n) is 11.3. The Morgan fingerprint density at radius 1 is 1.35 bits per heavy atom. The Morgan fingerprint density at radius 2 is 2.10 bits per heavy atom. The van der Waals surface area contributed by atoms with Gasteiger partial charge in [-0.25, -0.2) is 0 Å². The third-order valence-electron chi connectivity index (χ3n) is 3.79. The molecule has 1 aromatic carbocycles. The van der Waals surface area contributed by atoms with Gasteiger partial charge in [-0.2, -0.15) is 0 Å². The molecule has 2 aliphatic rings. The van der Waals surface area contributed by atoms with Crippen LogP contribution in [0.1, 0.15) is 31.4 Å². The van der Waals surface area contributed by atoms with E-state index in [1.807, 2.05) is 30.3 Å². The van der Waals surface area contributed by atoms with Gasteiger partial charge in [0.25, 0.3) is 0 Å². The number of hydrogen-bond donors (Lipinski definition) is 0. The molecule has 0 saturated carbocycles. The molecule has 2 aliphatic heterocycles. The van der Waals surface area contributed by atoms with E-state index >= 15 is 0 Å². The van der Waals surface area contributed by atoms with Crippen molar-refractivity contribution < 1.29 is 19.1 Å². The van der Waals surface area contributed by atoms with Crippen LogP contribution in [0.4, 0.5) is 0 Å². The monoisotopic (exact) mass is 275 g/mol. The minimum atomic E-state index is -0.453. The number of benzene rings is 1. The first-order valence-electron chi connectivity index (χ1n) is 6.82. The van der Waals surface area contributed by atoms with E-state index in [9.17, 15) is 9.59 Å². The molecule has 3 rings (SSSR count). The summed E-state index contributed by atoms with van der Waals surface area (Å²) in [7, 11) is 0. The topological polar surface area (TPSA) is 55.8 Å². The fraction of sp³-hybridized carbons (Fsp3) is 0.467. The number of rotatable bonds is 2. The second-order valence-corrected chi connectivity index (χ2v) is 5.14. The molecular formula is C15H17NO4. The molecule has 20 heavy (non-hydrogen) atoms. The first kappa shape index (κ1) is 13.1. The number of hydrogen-bond acceptors (Lipinski definition) is 4. The Labute approximate surface area is 117 Å². The summed E-state index contributed by atoms with van der Waals surface area (Å²) in [6, 6.07) is 9.71. The summed E-state index contributed by atoms with van der Waals surface area (Å²) in [5.41, 5.74) is 1.05. The van der Waals surface area contributed by atoms with Crippen molar-refractivity contribution in [3.8, 4) is 0 Å². The standard InChI is InChI=1S/C15H17NO4/c1-10(17)20-13-7-8-14(18)16-12(9-19-15(13)16)11-5-3-2-4-6-11/h2-6,12-13,15H,7-9H2,1H3/t12-,13-,15+/m0/s1. The number of fused-ring (bicyclic) bond motifs is 1. The molecule has 106 valence electrons. The van der Waals surface area contributed by atoms with Crippen molar-refractivity contribution in [1.82, 2.24) is 4.90 Å². The molecule has 2 saturated heterocycles. The molecule has 2 heterocycles. The number of nitrogens with zero attached hydrogens (tertiary/aromatic N) is 1. The molecule has 0 N–H and O–H groups in total. The van der Waals surface area contributed by atoms with Gasteiger partial charge in [0.2, 0.25) is 5.91 Å². The molecule has 1 amide bonds. The molecule has 0 unspecified atom stereocenters. The van der Waals surface area contributed by atoms with E-state index in [0.717, 1.165) is 5.56 Å². The Kier molecular flexibility index (Phi) is 3.44. The van der Waals surface area contributed by atoms with E-state index < -0.39 is 6.23 Å². The lowest BCUT2D eigenvalue weighted by atomic mass is 10.0. The maximum absolute atomic E-state index is 12.2. The first-order chi connectivity index (χ1) is 9.66. The highest BCUT2D eigenvalue weighted by Crippen LogP contribution is 2.37. The van der Waals surface area contributed by atoms with Crippen molar-refractivity contribution in [2.24, 2.45) is 0 Å². The van der Waals surface area contributed by atoms with Gasteiger partial charge in [0.1, 0.15) is 6.10 Å². The van der Waals surface area contributed by atoms with Gasteiger partial charge in [0.15, 0.2) is 6.23 Å². The predicted octanol–water partition coefficient (Wildman–Crippen LogP) is 1.64. The van der Waals surface area contributed by atoms with Crippen molar-refractivity contribution in [3.63, 3.8) is 0 Å². The first-order valence-corrected chi connectivity index (χ1v) is 6.82. The van der Waals surface area contributed by atoms with Crippen LogP contribution in [0, 0.1) is 0 Å². The highest BCUT2D eigenvalue weighted by atomic mass is 16.6. The quantitative estimate of drug-likeness (QED) is 0.770.